The second-order valence-electron chi connectivity index (χ2n) is 4.61. The number of nitriles is 1. The van der Waals surface area contributed by atoms with Gasteiger partial charge in [0.05, 0.1) is 18.4 Å². The van der Waals surface area contributed by atoms with Crippen LogP contribution in [0.3, 0.4) is 0 Å². The molecule has 2 rings (SSSR count). The summed E-state index contributed by atoms with van der Waals surface area (Å²) in [6.07, 6.45) is 5.32. The number of anilines is 1. The van der Waals surface area contributed by atoms with Gasteiger partial charge in [-0.05, 0) is 30.2 Å². The van der Waals surface area contributed by atoms with E-state index in [-0.39, 0.29) is 0 Å². The van der Waals surface area contributed by atoms with Crippen LogP contribution in [0.25, 0.3) is 0 Å². The SMILES string of the molecule is CCCn1ccc(CNc2c(C#N)cccc2OC)c1. The number of nitrogens with zero attached hydrogens (tertiary/aromatic N) is 2. The van der Waals surface area contributed by atoms with E-state index < -0.39 is 0 Å². The molecular weight excluding hydrogens is 250 g/mol. The highest BCUT2D eigenvalue weighted by Crippen LogP contribution is 2.28. The Morgan fingerprint density at radius 3 is 2.90 bits per heavy atom. The van der Waals surface area contributed by atoms with Crippen molar-refractivity contribution in [3.05, 3.63) is 47.8 Å². The molecule has 1 aromatic carbocycles. The van der Waals surface area contributed by atoms with Gasteiger partial charge in [0.1, 0.15) is 11.8 Å². The van der Waals surface area contributed by atoms with E-state index in [2.05, 4.69) is 41.3 Å². The fourth-order valence-corrected chi connectivity index (χ4v) is 2.16. The van der Waals surface area contributed by atoms with Gasteiger partial charge >= 0.3 is 0 Å². The van der Waals surface area contributed by atoms with E-state index >= 15 is 0 Å². The first-order valence-electron chi connectivity index (χ1n) is 6.74. The lowest BCUT2D eigenvalue weighted by molar-refractivity contribution is 0.416. The van der Waals surface area contributed by atoms with Crippen molar-refractivity contribution >= 4 is 5.69 Å². The zero-order valence-electron chi connectivity index (χ0n) is 11.9. The van der Waals surface area contributed by atoms with Crippen molar-refractivity contribution in [2.24, 2.45) is 0 Å². The van der Waals surface area contributed by atoms with E-state index in [4.69, 9.17) is 10.00 Å². The second-order valence-corrected chi connectivity index (χ2v) is 4.61. The first kappa shape index (κ1) is 14.0. The summed E-state index contributed by atoms with van der Waals surface area (Å²) in [5.74, 6) is 0.692. The molecule has 0 fully saturated rings. The minimum atomic E-state index is 0.595. The zero-order chi connectivity index (χ0) is 14.4. The normalized spacial score (nSPS) is 10.1. The molecule has 0 aliphatic rings. The summed E-state index contributed by atoms with van der Waals surface area (Å²) in [5, 5.41) is 12.5. The first-order valence-corrected chi connectivity index (χ1v) is 6.74. The average molecular weight is 269 g/mol. The molecule has 0 radical (unpaired) electrons. The van der Waals surface area contributed by atoms with Crippen LogP contribution in [-0.4, -0.2) is 11.7 Å². The topological polar surface area (TPSA) is 50.0 Å². The van der Waals surface area contributed by atoms with Crippen LogP contribution in [0.1, 0.15) is 24.5 Å². The summed E-state index contributed by atoms with van der Waals surface area (Å²) < 4.78 is 7.47. The quantitative estimate of drug-likeness (QED) is 0.874. The van der Waals surface area contributed by atoms with E-state index in [9.17, 15) is 0 Å². The van der Waals surface area contributed by atoms with Crippen molar-refractivity contribution in [1.29, 1.82) is 5.26 Å². The Morgan fingerprint density at radius 1 is 1.35 bits per heavy atom. The molecule has 104 valence electrons. The van der Waals surface area contributed by atoms with Gasteiger partial charge in [0, 0.05) is 25.5 Å². The van der Waals surface area contributed by atoms with Crippen molar-refractivity contribution in [3.63, 3.8) is 0 Å². The molecule has 20 heavy (non-hydrogen) atoms. The van der Waals surface area contributed by atoms with Gasteiger partial charge < -0.3 is 14.6 Å². The number of aryl methyl sites for hydroxylation is 1. The molecule has 0 bridgehead atoms. The molecule has 0 aliphatic carbocycles. The Balaban J connectivity index is 2.12. The molecular formula is C16H19N3O. The Labute approximate surface area is 119 Å². The lowest BCUT2D eigenvalue weighted by atomic mass is 10.1. The minimum absolute atomic E-state index is 0.595. The lowest BCUT2D eigenvalue weighted by Gasteiger charge is -2.12. The summed E-state index contributed by atoms with van der Waals surface area (Å²) in [4.78, 5) is 0. The van der Waals surface area contributed by atoms with Gasteiger partial charge in [-0.25, -0.2) is 0 Å². The monoisotopic (exact) mass is 269 g/mol. The number of hydrogen-bond acceptors (Lipinski definition) is 3. The molecule has 0 aliphatic heterocycles. The Morgan fingerprint density at radius 2 is 2.20 bits per heavy atom. The fourth-order valence-electron chi connectivity index (χ4n) is 2.16. The maximum absolute atomic E-state index is 9.16. The standard InChI is InChI=1S/C16H19N3O/c1-3-8-19-9-7-13(12-19)11-18-16-14(10-17)5-4-6-15(16)20-2/h4-7,9,12,18H,3,8,11H2,1-2H3. The maximum Gasteiger partial charge on any atom is 0.143 e. The molecule has 0 atom stereocenters. The third-order valence-electron chi connectivity index (χ3n) is 3.13. The molecule has 1 N–H and O–H groups in total. The Hall–Kier alpha value is -2.41. The summed E-state index contributed by atoms with van der Waals surface area (Å²) in [6, 6.07) is 9.73. The van der Waals surface area contributed by atoms with Crippen LogP contribution in [0.2, 0.25) is 0 Å². The van der Waals surface area contributed by atoms with Gasteiger partial charge in [-0.1, -0.05) is 13.0 Å². The van der Waals surface area contributed by atoms with E-state index in [1.807, 2.05) is 12.1 Å². The summed E-state index contributed by atoms with van der Waals surface area (Å²) in [6.45, 7) is 3.86. The predicted molar refractivity (Wildman–Crippen MR) is 79.8 cm³/mol. The van der Waals surface area contributed by atoms with E-state index in [1.165, 1.54) is 5.56 Å². The van der Waals surface area contributed by atoms with Crippen LogP contribution < -0.4 is 10.1 Å². The number of rotatable bonds is 6. The van der Waals surface area contributed by atoms with Gasteiger partial charge in [-0.15, -0.1) is 0 Å². The van der Waals surface area contributed by atoms with E-state index in [0.717, 1.165) is 18.7 Å². The van der Waals surface area contributed by atoms with Crippen molar-refractivity contribution < 1.29 is 4.74 Å². The number of benzene rings is 1. The maximum atomic E-state index is 9.16. The van der Waals surface area contributed by atoms with Crippen molar-refractivity contribution in [3.8, 4) is 11.8 Å². The summed E-state index contributed by atoms with van der Waals surface area (Å²) in [7, 11) is 1.61. The van der Waals surface area contributed by atoms with Crippen LogP contribution in [0.5, 0.6) is 5.75 Å². The number of aromatic nitrogens is 1. The molecule has 4 heteroatoms. The highest BCUT2D eigenvalue weighted by atomic mass is 16.5. The molecule has 0 saturated heterocycles. The van der Waals surface area contributed by atoms with Crippen LogP contribution in [0.15, 0.2) is 36.7 Å². The third kappa shape index (κ3) is 3.12. The number of para-hydroxylation sites is 1. The molecule has 1 heterocycles. The molecule has 0 saturated carbocycles. The van der Waals surface area contributed by atoms with Gasteiger partial charge in [0.15, 0.2) is 0 Å². The number of ether oxygens (including phenoxy) is 1. The number of methoxy groups -OCH3 is 1. The minimum Gasteiger partial charge on any atom is -0.495 e. The Kier molecular flexibility index (Phi) is 4.67. The summed E-state index contributed by atoms with van der Waals surface area (Å²) in [5.41, 5.74) is 2.53. The molecule has 4 nitrogen and oxygen atoms in total. The predicted octanol–water partition coefficient (Wildman–Crippen LogP) is 3.39. The largest absolute Gasteiger partial charge is 0.495 e. The smallest absolute Gasteiger partial charge is 0.143 e. The average Bonchev–Trinajstić information content (AvgIpc) is 2.92. The van der Waals surface area contributed by atoms with Crippen LogP contribution in [0, 0.1) is 11.3 Å². The first-order chi connectivity index (χ1) is 9.78. The molecule has 0 unspecified atom stereocenters. The molecule has 1 aromatic heterocycles. The van der Waals surface area contributed by atoms with E-state index in [0.29, 0.717) is 17.9 Å². The second kappa shape index (κ2) is 6.67. The van der Waals surface area contributed by atoms with Gasteiger partial charge in [-0.3, -0.25) is 0 Å². The van der Waals surface area contributed by atoms with Gasteiger partial charge in [0.2, 0.25) is 0 Å². The zero-order valence-corrected chi connectivity index (χ0v) is 11.9. The number of nitrogens with one attached hydrogen (secondary N) is 1. The highest BCUT2D eigenvalue weighted by molar-refractivity contribution is 5.66. The Bertz CT molecular complexity index is 610. The van der Waals surface area contributed by atoms with Crippen molar-refractivity contribution in [2.75, 3.05) is 12.4 Å². The highest BCUT2D eigenvalue weighted by Gasteiger charge is 2.08. The van der Waals surface area contributed by atoms with Crippen molar-refractivity contribution in [1.82, 2.24) is 4.57 Å². The van der Waals surface area contributed by atoms with E-state index in [1.54, 1.807) is 13.2 Å². The van der Waals surface area contributed by atoms with Crippen LogP contribution in [0.4, 0.5) is 5.69 Å². The van der Waals surface area contributed by atoms with Gasteiger partial charge in [0.25, 0.3) is 0 Å². The third-order valence-corrected chi connectivity index (χ3v) is 3.13. The molecule has 0 amide bonds. The van der Waals surface area contributed by atoms with Crippen LogP contribution >= 0.6 is 0 Å². The number of hydrogen-bond donors (Lipinski definition) is 1. The van der Waals surface area contributed by atoms with Crippen molar-refractivity contribution in [2.45, 2.75) is 26.4 Å². The van der Waals surface area contributed by atoms with Crippen LogP contribution in [-0.2, 0) is 13.1 Å². The molecule has 0 spiro atoms. The lowest BCUT2D eigenvalue weighted by Crippen LogP contribution is -2.03. The fraction of sp³-hybridized carbons (Fsp3) is 0.312. The summed E-state index contributed by atoms with van der Waals surface area (Å²) >= 11 is 0. The molecule has 2 aromatic rings. The van der Waals surface area contributed by atoms with Gasteiger partial charge in [-0.2, -0.15) is 5.26 Å².